The third kappa shape index (κ3) is 2.82. The lowest BCUT2D eigenvalue weighted by Crippen LogP contribution is -2.11. The van der Waals surface area contributed by atoms with Crippen molar-refractivity contribution < 1.29 is 0 Å². The highest BCUT2D eigenvalue weighted by Gasteiger charge is 2.07. The first kappa shape index (κ1) is 10.7. The van der Waals surface area contributed by atoms with Crippen molar-refractivity contribution in [3.63, 3.8) is 0 Å². The maximum Gasteiger partial charge on any atom is 0.0297 e. The fraction of sp³-hybridized carbons (Fsp3) is 0.455. The molecule has 1 aromatic carbocycles. The van der Waals surface area contributed by atoms with Crippen molar-refractivity contribution in [2.24, 2.45) is 5.73 Å². The van der Waals surface area contributed by atoms with Crippen molar-refractivity contribution in [3.8, 4) is 0 Å². The topological polar surface area (TPSA) is 26.0 Å². The van der Waals surface area contributed by atoms with E-state index in [1.54, 1.807) is 0 Å². The van der Waals surface area contributed by atoms with E-state index in [0.717, 1.165) is 17.3 Å². The molecule has 0 aromatic heterocycles. The predicted molar refractivity (Wildman–Crippen MR) is 60.7 cm³/mol. The van der Waals surface area contributed by atoms with Crippen LogP contribution in [0.2, 0.25) is 0 Å². The largest absolute Gasteiger partial charge is 0.324 e. The zero-order valence-electron chi connectivity index (χ0n) is 8.18. The highest BCUT2D eigenvalue weighted by Crippen LogP contribution is 2.23. The monoisotopic (exact) mass is 241 g/mol. The molecule has 1 unspecified atom stereocenters. The van der Waals surface area contributed by atoms with Gasteiger partial charge in [-0.15, -0.1) is 0 Å². The molecule has 0 heterocycles. The predicted octanol–water partition coefficient (Wildman–Crippen LogP) is 3.56. The van der Waals surface area contributed by atoms with Crippen LogP contribution in [0, 0.1) is 6.92 Å². The Hall–Kier alpha value is -0.340. The van der Waals surface area contributed by atoms with Crippen molar-refractivity contribution >= 4 is 15.9 Å². The molecular formula is C11H16BrN. The molecule has 0 amide bonds. The fourth-order valence-electron chi connectivity index (χ4n) is 1.48. The Morgan fingerprint density at radius 2 is 2.15 bits per heavy atom. The van der Waals surface area contributed by atoms with E-state index in [1.165, 1.54) is 11.1 Å². The van der Waals surface area contributed by atoms with E-state index in [0.29, 0.717) is 0 Å². The molecule has 0 aliphatic heterocycles. The summed E-state index contributed by atoms with van der Waals surface area (Å²) in [5.41, 5.74) is 8.60. The van der Waals surface area contributed by atoms with Crippen molar-refractivity contribution in [1.29, 1.82) is 0 Å². The number of hydrogen-bond acceptors (Lipinski definition) is 1. The number of rotatable bonds is 3. The Balaban J connectivity index is 2.91. The maximum absolute atomic E-state index is 6.05. The van der Waals surface area contributed by atoms with Gasteiger partial charge < -0.3 is 5.73 Å². The lowest BCUT2D eigenvalue weighted by molar-refractivity contribution is 0.635. The minimum Gasteiger partial charge on any atom is -0.324 e. The summed E-state index contributed by atoms with van der Waals surface area (Å²) in [7, 11) is 0. The highest BCUT2D eigenvalue weighted by atomic mass is 79.9. The molecule has 13 heavy (non-hydrogen) atoms. The van der Waals surface area contributed by atoms with Crippen LogP contribution in [0.15, 0.2) is 22.7 Å². The molecule has 0 saturated carbocycles. The zero-order valence-corrected chi connectivity index (χ0v) is 9.76. The van der Waals surface area contributed by atoms with E-state index in [1.807, 2.05) is 0 Å². The smallest absolute Gasteiger partial charge is 0.0297 e. The maximum atomic E-state index is 6.05. The third-order valence-corrected chi connectivity index (χ3v) is 2.73. The summed E-state index contributed by atoms with van der Waals surface area (Å²) in [4.78, 5) is 0. The van der Waals surface area contributed by atoms with E-state index in [-0.39, 0.29) is 6.04 Å². The molecule has 2 heteroatoms. The summed E-state index contributed by atoms with van der Waals surface area (Å²) in [5.74, 6) is 0. The average molecular weight is 242 g/mol. The van der Waals surface area contributed by atoms with Gasteiger partial charge in [-0.25, -0.2) is 0 Å². The zero-order chi connectivity index (χ0) is 9.84. The van der Waals surface area contributed by atoms with Gasteiger partial charge in [-0.1, -0.05) is 35.3 Å². The van der Waals surface area contributed by atoms with Crippen LogP contribution in [0.3, 0.4) is 0 Å². The molecule has 0 radical (unpaired) electrons. The van der Waals surface area contributed by atoms with Crippen LogP contribution in [-0.2, 0) is 0 Å². The number of nitrogens with two attached hydrogens (primary N) is 1. The second-order valence-corrected chi connectivity index (χ2v) is 4.31. The van der Waals surface area contributed by atoms with Crippen LogP contribution in [0.5, 0.6) is 0 Å². The molecule has 1 atom stereocenters. The van der Waals surface area contributed by atoms with E-state index < -0.39 is 0 Å². The lowest BCUT2D eigenvalue weighted by atomic mass is 9.99. The van der Waals surface area contributed by atoms with Crippen LogP contribution < -0.4 is 5.73 Å². The van der Waals surface area contributed by atoms with Gasteiger partial charge in [0.25, 0.3) is 0 Å². The highest BCUT2D eigenvalue weighted by molar-refractivity contribution is 9.10. The van der Waals surface area contributed by atoms with Gasteiger partial charge in [-0.3, -0.25) is 0 Å². The lowest BCUT2D eigenvalue weighted by Gasteiger charge is -2.13. The molecule has 0 aliphatic rings. The Morgan fingerprint density at radius 1 is 1.46 bits per heavy atom. The van der Waals surface area contributed by atoms with E-state index in [4.69, 9.17) is 5.73 Å². The van der Waals surface area contributed by atoms with Crippen LogP contribution in [0.25, 0.3) is 0 Å². The molecule has 2 N–H and O–H groups in total. The van der Waals surface area contributed by atoms with E-state index in [9.17, 15) is 0 Å². The first-order valence-corrected chi connectivity index (χ1v) is 5.46. The molecule has 1 aromatic rings. The van der Waals surface area contributed by atoms with E-state index in [2.05, 4.69) is 48.0 Å². The number of aryl methyl sites for hydroxylation is 1. The summed E-state index contributed by atoms with van der Waals surface area (Å²) in [6, 6.07) is 6.46. The Kier molecular flexibility index (Phi) is 3.94. The van der Waals surface area contributed by atoms with Crippen LogP contribution >= 0.6 is 15.9 Å². The number of hydrogen-bond donors (Lipinski definition) is 1. The number of halogens is 1. The van der Waals surface area contributed by atoms with Crippen molar-refractivity contribution in [2.75, 3.05) is 0 Å². The molecule has 0 saturated heterocycles. The molecule has 1 rings (SSSR count). The summed E-state index contributed by atoms with van der Waals surface area (Å²) in [6.45, 7) is 4.27. The summed E-state index contributed by atoms with van der Waals surface area (Å²) < 4.78 is 1.11. The van der Waals surface area contributed by atoms with Gasteiger partial charge in [0.05, 0.1) is 0 Å². The van der Waals surface area contributed by atoms with Crippen molar-refractivity contribution in [1.82, 2.24) is 0 Å². The molecule has 0 fully saturated rings. The van der Waals surface area contributed by atoms with E-state index >= 15 is 0 Å². The second-order valence-electron chi connectivity index (χ2n) is 3.40. The minimum absolute atomic E-state index is 0.183. The average Bonchev–Trinajstić information content (AvgIpc) is 2.09. The molecular weight excluding hydrogens is 226 g/mol. The van der Waals surface area contributed by atoms with Gasteiger partial charge in [0.1, 0.15) is 0 Å². The molecule has 0 aliphatic carbocycles. The van der Waals surface area contributed by atoms with Gasteiger partial charge in [0.15, 0.2) is 0 Å². The Bertz CT molecular complexity index is 283. The standard InChI is InChI=1S/C11H16BrN/c1-3-4-11(13)10-7-9(12)6-5-8(10)2/h5-7,11H,3-4,13H2,1-2H3. The Labute approximate surface area is 88.5 Å². The van der Waals surface area contributed by atoms with Crippen molar-refractivity contribution in [2.45, 2.75) is 32.7 Å². The van der Waals surface area contributed by atoms with Crippen molar-refractivity contribution in [3.05, 3.63) is 33.8 Å². The molecule has 0 spiro atoms. The Morgan fingerprint density at radius 3 is 2.77 bits per heavy atom. The summed E-state index contributed by atoms with van der Waals surface area (Å²) >= 11 is 3.46. The second kappa shape index (κ2) is 4.77. The van der Waals surface area contributed by atoms with Crippen LogP contribution in [-0.4, -0.2) is 0 Å². The van der Waals surface area contributed by atoms with Gasteiger partial charge in [0, 0.05) is 10.5 Å². The first-order chi connectivity index (χ1) is 6.15. The van der Waals surface area contributed by atoms with Gasteiger partial charge >= 0.3 is 0 Å². The normalized spacial score (nSPS) is 12.9. The molecule has 0 bridgehead atoms. The third-order valence-electron chi connectivity index (χ3n) is 2.24. The molecule has 1 nitrogen and oxygen atoms in total. The molecule has 72 valence electrons. The summed E-state index contributed by atoms with van der Waals surface area (Å²) in [5, 5.41) is 0. The fourth-order valence-corrected chi connectivity index (χ4v) is 1.86. The minimum atomic E-state index is 0.183. The SMILES string of the molecule is CCCC(N)c1cc(Br)ccc1C. The van der Waals surface area contributed by atoms with Gasteiger partial charge in [-0.05, 0) is 36.6 Å². The number of benzene rings is 1. The first-order valence-electron chi connectivity index (χ1n) is 4.66. The summed E-state index contributed by atoms with van der Waals surface area (Å²) in [6.07, 6.45) is 2.18. The van der Waals surface area contributed by atoms with Crippen LogP contribution in [0.4, 0.5) is 0 Å². The van der Waals surface area contributed by atoms with Gasteiger partial charge in [-0.2, -0.15) is 0 Å². The van der Waals surface area contributed by atoms with Gasteiger partial charge in [0.2, 0.25) is 0 Å². The quantitative estimate of drug-likeness (QED) is 0.861. The van der Waals surface area contributed by atoms with Crippen LogP contribution in [0.1, 0.15) is 36.9 Å².